The van der Waals surface area contributed by atoms with Crippen LogP contribution in [0.15, 0.2) is 0 Å². The van der Waals surface area contributed by atoms with Crippen molar-refractivity contribution in [1.82, 2.24) is 5.32 Å². The van der Waals surface area contributed by atoms with Gasteiger partial charge in [-0.25, -0.2) is 9.59 Å². The minimum atomic E-state index is -0.943. The smallest absolute Gasteiger partial charge is 0.407 e. The third-order valence-electron chi connectivity index (χ3n) is 4.97. The molecule has 1 rings (SSSR count). The minimum Gasteiger partial charge on any atom is -0.481 e. The van der Waals surface area contributed by atoms with E-state index >= 15 is 0 Å². The Bertz CT molecular complexity index is 549. The van der Waals surface area contributed by atoms with E-state index in [4.69, 9.17) is 9.47 Å². The van der Waals surface area contributed by atoms with E-state index in [1.165, 1.54) is 0 Å². The molecule has 0 saturated heterocycles. The highest BCUT2D eigenvalue weighted by Crippen LogP contribution is 2.37. The third kappa shape index (κ3) is 8.48. The fraction of sp³-hybridized carbons (Fsp3) is 0.857. The van der Waals surface area contributed by atoms with Gasteiger partial charge in [0.05, 0.1) is 12.0 Å². The van der Waals surface area contributed by atoms with Gasteiger partial charge in [-0.15, -0.1) is 0 Å². The van der Waals surface area contributed by atoms with Crippen LogP contribution in [0.3, 0.4) is 0 Å². The summed E-state index contributed by atoms with van der Waals surface area (Å²) in [5.41, 5.74) is -1.45. The second-order valence-corrected chi connectivity index (χ2v) is 9.77. The van der Waals surface area contributed by atoms with Crippen molar-refractivity contribution in [2.45, 2.75) is 92.2 Å². The van der Waals surface area contributed by atoms with Gasteiger partial charge in [0.25, 0.3) is 0 Å². The number of carboxylic acid groups (broad SMARTS) is 1. The van der Waals surface area contributed by atoms with Crippen molar-refractivity contribution in [2.24, 2.45) is 16.7 Å². The molecule has 28 heavy (non-hydrogen) atoms. The Morgan fingerprint density at radius 3 is 2.18 bits per heavy atom. The van der Waals surface area contributed by atoms with E-state index < -0.39 is 34.9 Å². The molecule has 2 N–H and O–H groups in total. The Labute approximate surface area is 168 Å². The van der Waals surface area contributed by atoms with Crippen molar-refractivity contribution in [3.05, 3.63) is 0 Å². The molecule has 0 aromatic carbocycles. The van der Waals surface area contributed by atoms with Crippen LogP contribution in [0.2, 0.25) is 0 Å². The molecule has 1 aliphatic carbocycles. The van der Waals surface area contributed by atoms with Crippen LogP contribution in [0.25, 0.3) is 0 Å². The Kier molecular flexibility index (Phi) is 8.76. The van der Waals surface area contributed by atoms with E-state index in [1.54, 1.807) is 13.8 Å². The molecule has 162 valence electrons. The first-order valence-corrected chi connectivity index (χ1v) is 10.2. The lowest BCUT2D eigenvalue weighted by molar-refractivity contribution is -0.152. The van der Waals surface area contributed by atoms with E-state index in [2.05, 4.69) is 5.32 Å². The van der Waals surface area contributed by atoms with Gasteiger partial charge < -0.3 is 19.9 Å². The molecule has 7 heteroatoms. The molecule has 1 saturated carbocycles. The van der Waals surface area contributed by atoms with E-state index in [0.29, 0.717) is 6.42 Å². The van der Waals surface area contributed by atoms with Crippen molar-refractivity contribution in [1.29, 1.82) is 0 Å². The van der Waals surface area contributed by atoms with Crippen molar-refractivity contribution >= 4 is 18.0 Å². The summed E-state index contributed by atoms with van der Waals surface area (Å²) >= 11 is 0. The largest absolute Gasteiger partial charge is 0.481 e. The van der Waals surface area contributed by atoms with Gasteiger partial charge in [-0.2, -0.15) is 0 Å². The molecular weight excluding hydrogens is 362 g/mol. The number of rotatable bonds is 10. The number of ether oxygens (including phenoxy) is 2. The molecule has 0 spiro atoms. The maximum Gasteiger partial charge on any atom is 0.407 e. The first kappa shape index (κ1) is 24.2. The van der Waals surface area contributed by atoms with Gasteiger partial charge >= 0.3 is 18.0 Å². The highest BCUT2D eigenvalue weighted by atomic mass is 16.6. The number of esters is 1. The third-order valence-corrected chi connectivity index (χ3v) is 4.97. The van der Waals surface area contributed by atoms with Gasteiger partial charge in [0.1, 0.15) is 12.1 Å². The summed E-state index contributed by atoms with van der Waals surface area (Å²) in [5, 5.41) is 12.1. The Morgan fingerprint density at radius 1 is 1.11 bits per heavy atom. The maximum absolute atomic E-state index is 12.7. The summed E-state index contributed by atoms with van der Waals surface area (Å²) in [4.78, 5) is 36.4. The summed E-state index contributed by atoms with van der Waals surface area (Å²) in [5.74, 6) is -1.19. The second-order valence-electron chi connectivity index (χ2n) is 9.77. The van der Waals surface area contributed by atoms with E-state index in [1.807, 2.05) is 27.7 Å². The minimum absolute atomic E-state index is 0.109. The highest BCUT2D eigenvalue weighted by Gasteiger charge is 2.38. The molecule has 1 amide bonds. The second kappa shape index (κ2) is 10.1. The monoisotopic (exact) mass is 399 g/mol. The SMILES string of the molecule is CC(C)COC(=O)N[C@@H](CC(C)(C)CC(C)(C)C(=O)O)C(=O)OC1CCCC1. The zero-order valence-corrected chi connectivity index (χ0v) is 18.2. The fourth-order valence-corrected chi connectivity index (χ4v) is 3.77. The predicted octanol–water partition coefficient (Wildman–Crippen LogP) is 4.14. The van der Waals surface area contributed by atoms with Gasteiger partial charge in [0, 0.05) is 0 Å². The normalized spacial score (nSPS) is 16.7. The molecule has 0 aromatic heterocycles. The van der Waals surface area contributed by atoms with Crippen LogP contribution >= 0.6 is 0 Å². The first-order valence-electron chi connectivity index (χ1n) is 10.2. The molecule has 7 nitrogen and oxygen atoms in total. The van der Waals surface area contributed by atoms with E-state index in [9.17, 15) is 19.5 Å². The Balaban J connectivity index is 2.83. The van der Waals surface area contributed by atoms with Gasteiger partial charge in [-0.1, -0.05) is 27.7 Å². The highest BCUT2D eigenvalue weighted by molar-refractivity contribution is 5.81. The Hall–Kier alpha value is -1.79. The number of carbonyl (C=O) groups is 3. The molecule has 0 heterocycles. The average molecular weight is 400 g/mol. The molecule has 1 fully saturated rings. The molecule has 0 unspecified atom stereocenters. The summed E-state index contributed by atoms with van der Waals surface area (Å²) in [6, 6.07) is -0.875. The topological polar surface area (TPSA) is 102 Å². The van der Waals surface area contributed by atoms with Gasteiger partial charge in [-0.3, -0.25) is 4.79 Å². The van der Waals surface area contributed by atoms with E-state index in [-0.39, 0.29) is 25.0 Å². The maximum atomic E-state index is 12.7. The number of nitrogens with one attached hydrogen (secondary N) is 1. The zero-order chi connectivity index (χ0) is 21.5. The lowest BCUT2D eigenvalue weighted by Crippen LogP contribution is -2.46. The van der Waals surface area contributed by atoms with Crippen molar-refractivity contribution in [3.63, 3.8) is 0 Å². The molecular formula is C21H37NO6. The summed E-state index contributed by atoms with van der Waals surface area (Å²) in [6.45, 7) is 11.2. The van der Waals surface area contributed by atoms with Crippen LogP contribution in [-0.4, -0.2) is 41.9 Å². The standard InChI is InChI=1S/C21H37NO6/c1-14(2)12-27-19(26)22-16(17(23)28-15-9-7-8-10-15)11-20(3,4)13-21(5,6)18(24)25/h14-16H,7-13H2,1-6H3,(H,22,26)(H,24,25)/t16-/m0/s1. The predicted molar refractivity (Wildman–Crippen MR) is 106 cm³/mol. The number of hydrogen-bond donors (Lipinski definition) is 2. The van der Waals surface area contributed by atoms with Crippen LogP contribution < -0.4 is 5.32 Å². The van der Waals surface area contributed by atoms with Crippen molar-refractivity contribution in [3.8, 4) is 0 Å². The first-order chi connectivity index (χ1) is 12.8. The molecule has 0 bridgehead atoms. The quantitative estimate of drug-likeness (QED) is 0.535. The number of alkyl carbamates (subject to hydrolysis) is 1. The van der Waals surface area contributed by atoms with Crippen LogP contribution in [0, 0.1) is 16.7 Å². The number of carbonyl (C=O) groups excluding carboxylic acids is 2. The number of hydrogen-bond acceptors (Lipinski definition) is 5. The zero-order valence-electron chi connectivity index (χ0n) is 18.2. The van der Waals surface area contributed by atoms with Gasteiger partial charge in [0.15, 0.2) is 0 Å². The lowest BCUT2D eigenvalue weighted by atomic mass is 9.72. The number of carboxylic acids is 1. The molecule has 1 aliphatic rings. The van der Waals surface area contributed by atoms with Crippen molar-refractivity contribution < 1.29 is 29.0 Å². The fourth-order valence-electron chi connectivity index (χ4n) is 3.77. The number of amides is 1. The van der Waals surface area contributed by atoms with Crippen LogP contribution in [0.5, 0.6) is 0 Å². The molecule has 1 atom stereocenters. The molecule has 0 aliphatic heterocycles. The molecule has 0 radical (unpaired) electrons. The Morgan fingerprint density at radius 2 is 1.68 bits per heavy atom. The summed E-state index contributed by atoms with van der Waals surface area (Å²) in [6.07, 6.45) is 3.60. The summed E-state index contributed by atoms with van der Waals surface area (Å²) < 4.78 is 10.8. The van der Waals surface area contributed by atoms with Gasteiger partial charge in [0.2, 0.25) is 0 Å². The summed E-state index contributed by atoms with van der Waals surface area (Å²) in [7, 11) is 0. The number of aliphatic carboxylic acids is 1. The van der Waals surface area contributed by atoms with Gasteiger partial charge in [-0.05, 0) is 63.7 Å². The average Bonchev–Trinajstić information content (AvgIpc) is 3.03. The van der Waals surface area contributed by atoms with E-state index in [0.717, 1.165) is 25.7 Å². The van der Waals surface area contributed by atoms with Crippen molar-refractivity contribution in [2.75, 3.05) is 6.61 Å². The van der Waals surface area contributed by atoms with Crippen LogP contribution in [0.4, 0.5) is 4.79 Å². The van der Waals surface area contributed by atoms with Crippen LogP contribution in [-0.2, 0) is 19.1 Å². The lowest BCUT2D eigenvalue weighted by Gasteiger charge is -2.34. The molecule has 0 aromatic rings. The van der Waals surface area contributed by atoms with Crippen LogP contribution in [0.1, 0.15) is 80.1 Å².